The lowest BCUT2D eigenvalue weighted by Crippen LogP contribution is -2.54. The highest BCUT2D eigenvalue weighted by Crippen LogP contribution is 2.17. The van der Waals surface area contributed by atoms with Crippen LogP contribution in [0, 0.1) is 0 Å². The minimum atomic E-state index is -0.548. The van der Waals surface area contributed by atoms with Gasteiger partial charge in [-0.25, -0.2) is 0 Å². The van der Waals surface area contributed by atoms with E-state index in [2.05, 4.69) is 10.3 Å². The molecule has 1 aromatic heterocycles. The number of carbonyl (C=O) groups excluding carboxylic acids is 1. The predicted molar refractivity (Wildman–Crippen MR) is 70.0 cm³/mol. The summed E-state index contributed by atoms with van der Waals surface area (Å²) < 4.78 is 0. The van der Waals surface area contributed by atoms with Crippen molar-refractivity contribution in [2.75, 3.05) is 18.0 Å². The Balaban J connectivity index is 2.92. The number of hydrogen-bond donors (Lipinski definition) is 1. The third-order valence-corrected chi connectivity index (χ3v) is 2.69. The molecule has 1 heterocycles. The maximum atomic E-state index is 12.4. The van der Waals surface area contributed by atoms with Gasteiger partial charge in [-0.15, -0.1) is 0 Å². The molecular weight excluding hydrogens is 214 g/mol. The number of hydrogen-bond acceptors (Lipinski definition) is 3. The van der Waals surface area contributed by atoms with E-state index in [1.807, 2.05) is 39.8 Å². The van der Waals surface area contributed by atoms with Crippen molar-refractivity contribution < 1.29 is 4.79 Å². The Kier molecular flexibility index (Phi) is 4.63. The number of anilines is 1. The van der Waals surface area contributed by atoms with Gasteiger partial charge in [0.25, 0.3) is 0 Å². The van der Waals surface area contributed by atoms with Gasteiger partial charge in [-0.1, -0.05) is 6.92 Å². The molecule has 0 unspecified atom stereocenters. The number of amides is 1. The zero-order chi connectivity index (χ0) is 12.9. The minimum Gasteiger partial charge on any atom is -0.311 e. The van der Waals surface area contributed by atoms with Gasteiger partial charge >= 0.3 is 0 Å². The van der Waals surface area contributed by atoms with Crippen LogP contribution in [0.3, 0.4) is 0 Å². The van der Waals surface area contributed by atoms with Crippen LogP contribution in [0.25, 0.3) is 0 Å². The van der Waals surface area contributed by atoms with Crippen molar-refractivity contribution in [1.82, 2.24) is 10.3 Å². The molecule has 0 atom stereocenters. The van der Waals surface area contributed by atoms with Crippen molar-refractivity contribution >= 4 is 11.6 Å². The quantitative estimate of drug-likeness (QED) is 0.846. The standard InChI is InChI=1S/C13H21N3O/c1-5-15-13(3,4)12(17)16(6-2)11-7-9-14-10-8-11/h7-10,15H,5-6H2,1-4H3. The Hall–Kier alpha value is -1.42. The van der Waals surface area contributed by atoms with Crippen LogP contribution >= 0.6 is 0 Å². The summed E-state index contributed by atoms with van der Waals surface area (Å²) in [6.45, 7) is 9.20. The lowest BCUT2D eigenvalue weighted by Gasteiger charge is -2.31. The average molecular weight is 235 g/mol. The molecule has 0 aliphatic heterocycles. The van der Waals surface area contributed by atoms with Gasteiger partial charge in [0.2, 0.25) is 5.91 Å². The van der Waals surface area contributed by atoms with E-state index in [0.29, 0.717) is 6.54 Å². The van der Waals surface area contributed by atoms with E-state index in [-0.39, 0.29) is 5.91 Å². The highest BCUT2D eigenvalue weighted by atomic mass is 16.2. The van der Waals surface area contributed by atoms with Crippen molar-refractivity contribution in [2.45, 2.75) is 33.2 Å². The van der Waals surface area contributed by atoms with Crippen molar-refractivity contribution in [3.63, 3.8) is 0 Å². The molecule has 1 N–H and O–H groups in total. The van der Waals surface area contributed by atoms with Crippen LogP contribution in [0.15, 0.2) is 24.5 Å². The summed E-state index contributed by atoms with van der Waals surface area (Å²) in [6, 6.07) is 3.70. The molecule has 0 fully saturated rings. The largest absolute Gasteiger partial charge is 0.311 e. The third-order valence-electron chi connectivity index (χ3n) is 2.69. The van der Waals surface area contributed by atoms with E-state index in [0.717, 1.165) is 12.2 Å². The summed E-state index contributed by atoms with van der Waals surface area (Å²) in [5.74, 6) is 0.0769. The van der Waals surface area contributed by atoms with Crippen LogP contribution in [-0.2, 0) is 4.79 Å². The topological polar surface area (TPSA) is 45.2 Å². The highest BCUT2D eigenvalue weighted by Gasteiger charge is 2.30. The summed E-state index contributed by atoms with van der Waals surface area (Å²) >= 11 is 0. The molecule has 4 nitrogen and oxygen atoms in total. The van der Waals surface area contributed by atoms with Gasteiger partial charge in [-0.2, -0.15) is 0 Å². The second-order valence-electron chi connectivity index (χ2n) is 4.41. The predicted octanol–water partition coefficient (Wildman–Crippen LogP) is 1.82. The molecule has 0 aromatic carbocycles. The van der Waals surface area contributed by atoms with Crippen LogP contribution < -0.4 is 10.2 Å². The van der Waals surface area contributed by atoms with Crippen molar-refractivity contribution in [1.29, 1.82) is 0 Å². The van der Waals surface area contributed by atoms with E-state index in [4.69, 9.17) is 0 Å². The van der Waals surface area contributed by atoms with Gasteiger partial charge in [-0.05, 0) is 39.4 Å². The van der Waals surface area contributed by atoms with Crippen LogP contribution in [0.1, 0.15) is 27.7 Å². The molecule has 4 heteroatoms. The molecule has 1 aromatic rings. The number of rotatable bonds is 5. The van der Waals surface area contributed by atoms with E-state index >= 15 is 0 Å². The second kappa shape index (κ2) is 5.77. The van der Waals surface area contributed by atoms with Crippen LogP contribution in [0.5, 0.6) is 0 Å². The van der Waals surface area contributed by atoms with Crippen LogP contribution in [-0.4, -0.2) is 29.5 Å². The molecule has 1 rings (SSSR count). The fourth-order valence-corrected chi connectivity index (χ4v) is 1.82. The molecule has 0 aliphatic carbocycles. The number of carbonyl (C=O) groups is 1. The first kappa shape index (κ1) is 13.6. The Morgan fingerprint density at radius 2 is 1.94 bits per heavy atom. The maximum Gasteiger partial charge on any atom is 0.246 e. The summed E-state index contributed by atoms with van der Waals surface area (Å²) in [5, 5.41) is 3.20. The number of pyridine rings is 1. The molecule has 0 aliphatic rings. The molecular formula is C13H21N3O. The van der Waals surface area contributed by atoms with Gasteiger partial charge in [-0.3, -0.25) is 9.78 Å². The molecule has 0 spiro atoms. The smallest absolute Gasteiger partial charge is 0.246 e. The second-order valence-corrected chi connectivity index (χ2v) is 4.41. The van der Waals surface area contributed by atoms with Gasteiger partial charge in [0.1, 0.15) is 0 Å². The lowest BCUT2D eigenvalue weighted by atomic mass is 10.0. The van der Waals surface area contributed by atoms with Crippen LogP contribution in [0.4, 0.5) is 5.69 Å². The molecule has 0 saturated heterocycles. The van der Waals surface area contributed by atoms with Gasteiger partial charge in [0, 0.05) is 24.6 Å². The molecule has 0 radical (unpaired) electrons. The molecule has 94 valence electrons. The summed E-state index contributed by atoms with van der Waals surface area (Å²) in [5.41, 5.74) is 0.340. The number of nitrogens with one attached hydrogen (secondary N) is 1. The normalized spacial score (nSPS) is 11.3. The van der Waals surface area contributed by atoms with E-state index in [9.17, 15) is 4.79 Å². The minimum absolute atomic E-state index is 0.0769. The fraction of sp³-hybridized carbons (Fsp3) is 0.538. The van der Waals surface area contributed by atoms with E-state index in [1.165, 1.54) is 0 Å². The fourth-order valence-electron chi connectivity index (χ4n) is 1.82. The lowest BCUT2D eigenvalue weighted by molar-refractivity contribution is -0.123. The van der Waals surface area contributed by atoms with Crippen molar-refractivity contribution in [3.8, 4) is 0 Å². The Morgan fingerprint density at radius 1 is 1.35 bits per heavy atom. The number of nitrogens with zero attached hydrogens (tertiary/aromatic N) is 2. The maximum absolute atomic E-state index is 12.4. The van der Waals surface area contributed by atoms with Crippen molar-refractivity contribution in [3.05, 3.63) is 24.5 Å². The first-order chi connectivity index (χ1) is 8.03. The van der Waals surface area contributed by atoms with Crippen LogP contribution in [0.2, 0.25) is 0 Å². The zero-order valence-corrected chi connectivity index (χ0v) is 11.0. The molecule has 17 heavy (non-hydrogen) atoms. The molecule has 1 amide bonds. The highest BCUT2D eigenvalue weighted by molar-refractivity contribution is 5.99. The first-order valence-corrected chi connectivity index (χ1v) is 6.00. The Morgan fingerprint density at radius 3 is 2.41 bits per heavy atom. The van der Waals surface area contributed by atoms with Gasteiger partial charge in [0.15, 0.2) is 0 Å². The van der Waals surface area contributed by atoms with Gasteiger partial charge < -0.3 is 10.2 Å². The summed E-state index contributed by atoms with van der Waals surface area (Å²) in [7, 11) is 0. The summed E-state index contributed by atoms with van der Waals surface area (Å²) in [6.07, 6.45) is 3.40. The third kappa shape index (κ3) is 3.27. The van der Waals surface area contributed by atoms with E-state index in [1.54, 1.807) is 17.3 Å². The number of likely N-dealkylation sites (N-methyl/N-ethyl adjacent to an activating group) is 2. The van der Waals surface area contributed by atoms with Gasteiger partial charge in [0.05, 0.1) is 5.54 Å². The zero-order valence-electron chi connectivity index (χ0n) is 11.0. The summed E-state index contributed by atoms with van der Waals surface area (Å²) in [4.78, 5) is 18.2. The Bertz CT molecular complexity index is 362. The Labute approximate surface area is 103 Å². The molecule has 0 bridgehead atoms. The SMILES string of the molecule is CCNC(C)(C)C(=O)N(CC)c1ccncc1. The van der Waals surface area contributed by atoms with Crippen molar-refractivity contribution in [2.24, 2.45) is 0 Å². The van der Waals surface area contributed by atoms with E-state index < -0.39 is 5.54 Å². The monoisotopic (exact) mass is 235 g/mol. The average Bonchev–Trinajstić information content (AvgIpc) is 2.31. The first-order valence-electron chi connectivity index (χ1n) is 6.00. The number of aromatic nitrogens is 1. The molecule has 0 saturated carbocycles.